The molecular formula is C36H20CrN5Na2O9S. The van der Waals surface area contributed by atoms with E-state index in [-0.39, 0.29) is 127 Å². The van der Waals surface area contributed by atoms with Crippen LogP contribution in [0.15, 0.2) is 147 Å². The van der Waals surface area contributed by atoms with Gasteiger partial charge in [0.25, 0.3) is 5.69 Å². The van der Waals surface area contributed by atoms with Gasteiger partial charge in [0.2, 0.25) is 0 Å². The smallest absolute Gasteiger partial charge is 0.871 e. The van der Waals surface area contributed by atoms with Crippen LogP contribution in [-0.4, -0.2) is 17.9 Å². The molecule has 0 saturated carbocycles. The number of azo groups is 2. The van der Waals surface area contributed by atoms with Gasteiger partial charge < -0.3 is 25.0 Å². The molecule has 0 aromatic heterocycles. The Kier molecular flexibility index (Phi) is 15.3. The minimum atomic E-state index is -4.84. The van der Waals surface area contributed by atoms with Crippen molar-refractivity contribution in [3.63, 3.8) is 0 Å². The van der Waals surface area contributed by atoms with E-state index in [1.807, 2.05) is 36.4 Å². The Labute approximate surface area is 362 Å². The maximum Gasteiger partial charge on any atom is 3.00 e. The van der Waals surface area contributed by atoms with Crippen molar-refractivity contribution in [2.45, 2.75) is 4.90 Å². The van der Waals surface area contributed by atoms with Crippen LogP contribution in [0.2, 0.25) is 0 Å². The molecule has 0 heterocycles. The zero-order valence-electron chi connectivity index (χ0n) is 28.3. The second-order valence-electron chi connectivity index (χ2n) is 10.8. The van der Waals surface area contributed by atoms with E-state index >= 15 is 0 Å². The van der Waals surface area contributed by atoms with Crippen molar-refractivity contribution >= 4 is 70.9 Å². The number of benzene rings is 7. The van der Waals surface area contributed by atoms with Gasteiger partial charge in [0.1, 0.15) is 10.1 Å². The second-order valence-corrected chi connectivity index (χ2v) is 12.2. The molecule has 0 bridgehead atoms. The number of nitro benzene ring substituents is 1. The van der Waals surface area contributed by atoms with Crippen LogP contribution in [0.1, 0.15) is 0 Å². The van der Waals surface area contributed by atoms with Crippen LogP contribution in [0.5, 0.6) is 23.0 Å². The standard InChI is InChI=1S/C20H14N2O5S.C16H11N3O4.Cr.2Na/c23-16-10-9-12-5-1-2-6-13(12)19(16)21-22-20-15-8-4-3-7-14(15)18(11-17(20)24)28(25,26)27;20-15-8-11-4-2-1-3-10(11)7-14(15)18-17-13-6-5-12(19(22)23)9-16(13)21;;;/h1-11,23-24H,(H,25,26,27);1-9,20-21H;;;/q;;+3;2*+1/p-5. The first-order valence-corrected chi connectivity index (χ1v) is 16.2. The fourth-order valence-corrected chi connectivity index (χ4v) is 5.84. The summed E-state index contributed by atoms with van der Waals surface area (Å²) in [5, 5.41) is 77.7. The monoisotopic (exact) mass is 796 g/mol. The molecule has 1 radical (unpaired) electrons. The molecule has 7 aromatic rings. The van der Waals surface area contributed by atoms with Crippen LogP contribution >= 0.6 is 0 Å². The van der Waals surface area contributed by atoms with E-state index in [9.17, 15) is 43.5 Å². The van der Waals surface area contributed by atoms with Crippen molar-refractivity contribution < 1.29 is 115 Å². The van der Waals surface area contributed by atoms with E-state index in [1.54, 1.807) is 36.4 Å². The van der Waals surface area contributed by atoms with Crippen molar-refractivity contribution in [3.8, 4) is 23.0 Å². The SMILES string of the molecule is O=S(=O)([O-])c1cc([O-])c(N=Nc2c([O-])ccc3ccccc23)c2ccccc12.O=[N+]([O-])c1ccc(N=Nc2cc3ccccc3cc2[O-])c([O-])c1.[Cr+3].[Na+].[Na+]. The molecule has 7 aromatic carbocycles. The Morgan fingerprint density at radius 2 is 1.02 bits per heavy atom. The third-order valence-corrected chi connectivity index (χ3v) is 8.45. The van der Waals surface area contributed by atoms with Crippen molar-refractivity contribution in [3.05, 3.63) is 131 Å². The Morgan fingerprint density at radius 1 is 0.500 bits per heavy atom. The van der Waals surface area contributed by atoms with Gasteiger partial charge in [0.15, 0.2) is 0 Å². The van der Waals surface area contributed by atoms with Crippen molar-refractivity contribution in [1.82, 2.24) is 0 Å². The Bertz CT molecular complexity index is 2680. The van der Waals surface area contributed by atoms with Crippen molar-refractivity contribution in [1.29, 1.82) is 0 Å². The van der Waals surface area contributed by atoms with E-state index in [1.165, 1.54) is 30.3 Å². The number of fused-ring (bicyclic) bond motifs is 3. The Morgan fingerprint density at radius 3 is 1.63 bits per heavy atom. The van der Waals surface area contributed by atoms with E-state index in [0.717, 1.165) is 34.4 Å². The molecule has 54 heavy (non-hydrogen) atoms. The fourth-order valence-electron chi connectivity index (χ4n) is 5.14. The van der Waals surface area contributed by atoms with Gasteiger partial charge in [-0.15, -0.1) is 0 Å². The molecule has 0 fully saturated rings. The number of non-ortho nitro benzene ring substituents is 1. The van der Waals surface area contributed by atoms with Crippen molar-refractivity contribution in [2.75, 3.05) is 0 Å². The number of nitrogens with zero attached hydrogens (tertiary/aromatic N) is 5. The third-order valence-electron chi connectivity index (χ3n) is 7.57. The summed E-state index contributed by atoms with van der Waals surface area (Å²) in [7, 11) is -4.84. The first-order valence-electron chi connectivity index (χ1n) is 14.8. The summed E-state index contributed by atoms with van der Waals surface area (Å²) in [6.07, 6.45) is 0. The van der Waals surface area contributed by atoms with E-state index in [0.29, 0.717) is 5.39 Å². The van der Waals surface area contributed by atoms with Crippen LogP contribution in [0.25, 0.3) is 32.3 Å². The van der Waals surface area contributed by atoms with Crippen LogP contribution in [0.3, 0.4) is 0 Å². The summed E-state index contributed by atoms with van der Waals surface area (Å²) in [4.78, 5) is 9.31. The molecule has 0 unspecified atom stereocenters. The maximum absolute atomic E-state index is 12.4. The fraction of sp³-hybridized carbons (Fsp3) is 0. The minimum absolute atomic E-state index is 0. The van der Waals surface area contributed by atoms with Gasteiger partial charge in [0, 0.05) is 28.3 Å². The number of nitro groups is 1. The number of hydrogen-bond acceptors (Lipinski definition) is 13. The van der Waals surface area contributed by atoms with Crippen LogP contribution < -0.4 is 79.5 Å². The normalized spacial score (nSPS) is 11.1. The Hall–Kier alpha value is -4.44. The summed E-state index contributed by atoms with van der Waals surface area (Å²) < 4.78 is 34.5. The summed E-state index contributed by atoms with van der Waals surface area (Å²) in [5.41, 5.74) is -0.355. The Balaban J connectivity index is 0.000000280. The molecule has 0 atom stereocenters. The summed E-state index contributed by atoms with van der Waals surface area (Å²) in [6.45, 7) is 0. The molecule has 0 amide bonds. The average Bonchev–Trinajstić information content (AvgIpc) is 3.11. The van der Waals surface area contributed by atoms with Gasteiger partial charge in [-0.1, -0.05) is 114 Å². The molecule has 7 rings (SSSR count). The molecule has 0 spiro atoms. The van der Waals surface area contributed by atoms with Gasteiger partial charge >= 0.3 is 76.5 Å². The summed E-state index contributed by atoms with van der Waals surface area (Å²) >= 11 is 0. The van der Waals surface area contributed by atoms with Crippen LogP contribution in [0, 0.1) is 10.1 Å². The molecule has 0 aliphatic carbocycles. The van der Waals surface area contributed by atoms with Crippen LogP contribution in [-0.2, 0) is 27.5 Å². The summed E-state index contributed by atoms with van der Waals surface area (Å²) in [6, 6.07) is 30.4. The molecule has 0 aliphatic rings. The van der Waals surface area contributed by atoms with Gasteiger partial charge in [-0.05, 0) is 34.4 Å². The molecule has 14 nitrogen and oxygen atoms in total. The predicted octanol–water partition coefficient (Wildman–Crippen LogP) is 0.776. The van der Waals surface area contributed by atoms with E-state index < -0.39 is 31.4 Å². The molecular weight excluding hydrogens is 776 g/mol. The maximum atomic E-state index is 12.4. The number of rotatable bonds is 6. The third kappa shape index (κ3) is 9.80. The zero-order chi connectivity index (χ0) is 36.3. The van der Waals surface area contributed by atoms with Gasteiger partial charge in [0.05, 0.1) is 32.6 Å². The quantitative estimate of drug-likeness (QED) is 0.0758. The molecule has 0 aliphatic heterocycles. The average molecular weight is 797 g/mol. The van der Waals surface area contributed by atoms with Crippen molar-refractivity contribution in [2.24, 2.45) is 20.5 Å². The van der Waals surface area contributed by atoms with Gasteiger partial charge in [-0.2, -0.15) is 20.5 Å². The molecule has 0 saturated heterocycles. The van der Waals surface area contributed by atoms with Gasteiger partial charge in [-0.3, -0.25) is 10.1 Å². The topological polar surface area (TPSA) is 242 Å². The first kappa shape index (κ1) is 44.0. The van der Waals surface area contributed by atoms with E-state index in [4.69, 9.17) is 0 Å². The number of hydrogen-bond donors (Lipinski definition) is 0. The predicted molar refractivity (Wildman–Crippen MR) is 179 cm³/mol. The first-order chi connectivity index (χ1) is 24.4. The second kappa shape index (κ2) is 18.7. The van der Waals surface area contributed by atoms with E-state index in [2.05, 4.69) is 20.5 Å². The molecule has 257 valence electrons. The van der Waals surface area contributed by atoms with Gasteiger partial charge in [-0.25, -0.2) is 8.42 Å². The van der Waals surface area contributed by atoms with Crippen LogP contribution in [0.4, 0.5) is 28.4 Å². The zero-order valence-corrected chi connectivity index (χ0v) is 34.4. The minimum Gasteiger partial charge on any atom is -0.871 e. The largest absolute Gasteiger partial charge is 3.00 e. The molecule has 0 N–H and O–H groups in total. The summed E-state index contributed by atoms with van der Waals surface area (Å²) in [5.74, 6) is -2.08. The molecule has 18 heteroatoms.